The van der Waals surface area contributed by atoms with Gasteiger partial charge in [0.2, 0.25) is 15.9 Å². The van der Waals surface area contributed by atoms with Gasteiger partial charge in [-0.1, -0.05) is 0 Å². The van der Waals surface area contributed by atoms with Gasteiger partial charge in [-0.25, -0.2) is 8.42 Å². The van der Waals surface area contributed by atoms with Crippen LogP contribution in [0.25, 0.3) is 0 Å². The molecular weight excluding hydrogens is 400 g/mol. The summed E-state index contributed by atoms with van der Waals surface area (Å²) in [6.45, 7) is 1.55. The molecule has 1 unspecified atom stereocenters. The van der Waals surface area contributed by atoms with E-state index in [0.29, 0.717) is 30.3 Å². The Kier molecular flexibility index (Phi) is 5.09. The van der Waals surface area contributed by atoms with Gasteiger partial charge in [0.1, 0.15) is 5.75 Å². The van der Waals surface area contributed by atoms with E-state index in [1.165, 1.54) is 19.3 Å². The molecule has 1 atom stereocenters. The molecule has 30 heavy (non-hydrogen) atoms. The van der Waals surface area contributed by atoms with Crippen molar-refractivity contribution in [1.82, 2.24) is 9.62 Å². The summed E-state index contributed by atoms with van der Waals surface area (Å²) in [4.78, 5) is 13.5. The van der Waals surface area contributed by atoms with E-state index in [2.05, 4.69) is 5.32 Å². The third-order valence-corrected chi connectivity index (χ3v) is 9.90. The number of rotatable bonds is 6. The van der Waals surface area contributed by atoms with Gasteiger partial charge in [-0.3, -0.25) is 4.79 Å². The number of sulfonamides is 1. The van der Waals surface area contributed by atoms with E-state index < -0.39 is 10.0 Å². The van der Waals surface area contributed by atoms with Gasteiger partial charge in [-0.2, -0.15) is 4.31 Å². The summed E-state index contributed by atoms with van der Waals surface area (Å²) in [6, 6.07) is 6.53. The second-order valence-electron chi connectivity index (χ2n) is 10.1. The maximum atomic E-state index is 13.2. The standard InChI is InChI=1S/C23H32N2O4S/c1-29-20-2-4-21(5-3-20)30(27,28)25-7-6-16(15-25)14-24-22(26)23-11-17-8-18(12-23)10-19(9-17)13-23/h2-5,16-19H,6-15H2,1H3,(H,24,26). The molecule has 4 bridgehead atoms. The second-order valence-corrected chi connectivity index (χ2v) is 12.0. The Labute approximate surface area is 179 Å². The third-order valence-electron chi connectivity index (χ3n) is 8.02. The Morgan fingerprint density at radius 3 is 2.27 bits per heavy atom. The number of carbonyl (C=O) groups excluding carboxylic acids is 1. The zero-order valence-electron chi connectivity index (χ0n) is 17.7. The number of nitrogens with one attached hydrogen (secondary N) is 1. The van der Waals surface area contributed by atoms with Gasteiger partial charge >= 0.3 is 0 Å². The van der Waals surface area contributed by atoms with Gasteiger partial charge in [0.05, 0.1) is 12.0 Å². The molecule has 1 heterocycles. The smallest absolute Gasteiger partial charge is 0.243 e. The molecule has 1 saturated heterocycles. The van der Waals surface area contributed by atoms with Crippen molar-refractivity contribution in [2.45, 2.75) is 49.8 Å². The number of amides is 1. The monoisotopic (exact) mass is 432 g/mol. The lowest BCUT2D eigenvalue weighted by Crippen LogP contribution is -2.54. The predicted molar refractivity (Wildman–Crippen MR) is 113 cm³/mol. The summed E-state index contributed by atoms with van der Waals surface area (Å²) in [5.74, 6) is 3.30. The van der Waals surface area contributed by atoms with Crippen molar-refractivity contribution < 1.29 is 17.9 Å². The molecule has 0 aromatic heterocycles. The number of methoxy groups -OCH3 is 1. The Morgan fingerprint density at radius 1 is 1.10 bits per heavy atom. The third kappa shape index (κ3) is 3.54. The van der Waals surface area contributed by atoms with Crippen molar-refractivity contribution in [1.29, 1.82) is 0 Å². The molecule has 0 radical (unpaired) electrons. The van der Waals surface area contributed by atoms with Crippen LogP contribution in [0.1, 0.15) is 44.9 Å². The molecule has 4 aliphatic carbocycles. The molecule has 1 amide bonds. The van der Waals surface area contributed by atoms with E-state index in [4.69, 9.17) is 4.74 Å². The van der Waals surface area contributed by atoms with Crippen LogP contribution < -0.4 is 10.1 Å². The maximum Gasteiger partial charge on any atom is 0.243 e. The van der Waals surface area contributed by atoms with Crippen LogP contribution in [0.5, 0.6) is 5.75 Å². The first-order valence-corrected chi connectivity index (χ1v) is 12.7. The maximum absolute atomic E-state index is 13.2. The van der Waals surface area contributed by atoms with E-state index >= 15 is 0 Å². The van der Waals surface area contributed by atoms with Crippen LogP contribution >= 0.6 is 0 Å². The van der Waals surface area contributed by atoms with Gasteiger partial charge in [0.15, 0.2) is 0 Å². The molecule has 0 spiro atoms. The van der Waals surface area contributed by atoms with Gasteiger partial charge < -0.3 is 10.1 Å². The molecule has 164 valence electrons. The minimum atomic E-state index is -3.51. The number of nitrogens with zero attached hydrogens (tertiary/aromatic N) is 1. The molecule has 5 aliphatic rings. The number of ether oxygens (including phenoxy) is 1. The van der Waals surface area contributed by atoms with Gasteiger partial charge in [-0.05, 0) is 92.9 Å². The molecule has 1 aliphatic heterocycles. The Morgan fingerprint density at radius 2 is 1.70 bits per heavy atom. The van der Waals surface area contributed by atoms with Crippen LogP contribution in [0.4, 0.5) is 0 Å². The normalized spacial score (nSPS) is 35.5. The summed E-state index contributed by atoms with van der Waals surface area (Å²) in [7, 11) is -1.95. The molecule has 5 fully saturated rings. The van der Waals surface area contributed by atoms with Crippen LogP contribution in [0.15, 0.2) is 29.2 Å². The fraction of sp³-hybridized carbons (Fsp3) is 0.696. The molecule has 6 nitrogen and oxygen atoms in total. The van der Waals surface area contributed by atoms with Gasteiger partial charge in [-0.15, -0.1) is 0 Å². The second kappa shape index (κ2) is 7.52. The summed E-state index contributed by atoms with van der Waals surface area (Å²) < 4.78 is 32.6. The average Bonchev–Trinajstić information content (AvgIpc) is 3.21. The number of hydrogen-bond acceptors (Lipinski definition) is 4. The van der Waals surface area contributed by atoms with Crippen molar-refractivity contribution in [2.24, 2.45) is 29.1 Å². The molecule has 6 rings (SSSR count). The zero-order chi connectivity index (χ0) is 20.9. The van der Waals surface area contributed by atoms with Crippen LogP contribution in [0.3, 0.4) is 0 Å². The van der Waals surface area contributed by atoms with Crippen molar-refractivity contribution in [3.8, 4) is 5.75 Å². The quantitative estimate of drug-likeness (QED) is 0.750. The van der Waals surface area contributed by atoms with Crippen molar-refractivity contribution in [3.05, 3.63) is 24.3 Å². The van der Waals surface area contributed by atoms with E-state index in [-0.39, 0.29) is 17.2 Å². The first-order chi connectivity index (χ1) is 14.4. The summed E-state index contributed by atoms with van der Waals surface area (Å²) in [5, 5.41) is 3.23. The van der Waals surface area contributed by atoms with Gasteiger partial charge in [0.25, 0.3) is 0 Å². The molecule has 1 aromatic carbocycles. The fourth-order valence-electron chi connectivity index (χ4n) is 6.89. The predicted octanol–water partition coefficient (Wildman–Crippen LogP) is 3.04. The lowest BCUT2D eigenvalue weighted by Gasteiger charge is -2.55. The van der Waals surface area contributed by atoms with Crippen LogP contribution in [-0.4, -0.2) is 45.4 Å². The van der Waals surface area contributed by atoms with Crippen molar-refractivity contribution in [2.75, 3.05) is 26.7 Å². The van der Waals surface area contributed by atoms with Crippen molar-refractivity contribution >= 4 is 15.9 Å². The number of benzene rings is 1. The van der Waals surface area contributed by atoms with Crippen LogP contribution in [-0.2, 0) is 14.8 Å². The molecule has 4 saturated carbocycles. The Bertz CT molecular complexity index is 876. The minimum absolute atomic E-state index is 0.137. The highest BCUT2D eigenvalue weighted by Gasteiger charge is 2.54. The molecule has 1 N–H and O–H groups in total. The zero-order valence-corrected chi connectivity index (χ0v) is 18.5. The fourth-order valence-corrected chi connectivity index (χ4v) is 8.42. The minimum Gasteiger partial charge on any atom is -0.497 e. The summed E-state index contributed by atoms with van der Waals surface area (Å²) in [6.07, 6.45) is 7.96. The topological polar surface area (TPSA) is 75.7 Å². The highest BCUT2D eigenvalue weighted by molar-refractivity contribution is 7.89. The number of carbonyl (C=O) groups is 1. The highest BCUT2D eigenvalue weighted by atomic mass is 32.2. The van der Waals surface area contributed by atoms with Crippen LogP contribution in [0, 0.1) is 29.1 Å². The van der Waals surface area contributed by atoms with E-state index in [1.807, 2.05) is 0 Å². The molecular formula is C23H32N2O4S. The highest BCUT2D eigenvalue weighted by Crippen LogP contribution is 2.60. The van der Waals surface area contributed by atoms with Gasteiger partial charge in [0, 0.05) is 25.0 Å². The van der Waals surface area contributed by atoms with E-state index in [1.54, 1.807) is 35.7 Å². The van der Waals surface area contributed by atoms with Crippen LogP contribution in [0.2, 0.25) is 0 Å². The number of hydrogen-bond donors (Lipinski definition) is 1. The SMILES string of the molecule is COc1ccc(S(=O)(=O)N2CCC(CNC(=O)C34CC5CC(CC(C5)C3)C4)C2)cc1. The average molecular weight is 433 g/mol. The lowest BCUT2D eigenvalue weighted by molar-refractivity contribution is -0.146. The first-order valence-electron chi connectivity index (χ1n) is 11.3. The lowest BCUT2D eigenvalue weighted by atomic mass is 9.49. The first kappa shape index (κ1) is 20.3. The summed E-state index contributed by atoms with van der Waals surface area (Å²) >= 11 is 0. The molecule has 7 heteroatoms. The molecule has 1 aromatic rings. The van der Waals surface area contributed by atoms with Crippen molar-refractivity contribution in [3.63, 3.8) is 0 Å². The van der Waals surface area contributed by atoms with E-state index in [9.17, 15) is 13.2 Å². The largest absolute Gasteiger partial charge is 0.497 e. The Hall–Kier alpha value is -1.60. The summed E-state index contributed by atoms with van der Waals surface area (Å²) in [5.41, 5.74) is -0.137. The Balaban J connectivity index is 1.18. The van der Waals surface area contributed by atoms with E-state index in [0.717, 1.165) is 43.4 Å².